The summed E-state index contributed by atoms with van der Waals surface area (Å²) in [5, 5.41) is 14.9. The van der Waals surface area contributed by atoms with E-state index in [0.29, 0.717) is 19.4 Å². The molecule has 0 spiro atoms. The van der Waals surface area contributed by atoms with E-state index in [0.717, 1.165) is 19.3 Å². The van der Waals surface area contributed by atoms with E-state index in [9.17, 15) is 9.90 Å². The second-order valence-electron chi connectivity index (χ2n) is 4.32. The fourth-order valence-corrected chi connectivity index (χ4v) is 2.81. The van der Waals surface area contributed by atoms with Gasteiger partial charge in [-0.25, -0.2) is 0 Å². The maximum Gasteiger partial charge on any atom is 0.251 e. The van der Waals surface area contributed by atoms with Crippen LogP contribution in [-0.2, 0) is 11.2 Å². The van der Waals surface area contributed by atoms with Crippen molar-refractivity contribution >= 4 is 17.2 Å². The molecule has 16 heavy (non-hydrogen) atoms. The molecule has 4 heteroatoms. The van der Waals surface area contributed by atoms with Gasteiger partial charge < -0.3 is 10.4 Å². The highest BCUT2D eigenvalue weighted by molar-refractivity contribution is 7.09. The van der Waals surface area contributed by atoms with Crippen molar-refractivity contribution in [2.75, 3.05) is 6.54 Å². The second-order valence-corrected chi connectivity index (χ2v) is 5.36. The van der Waals surface area contributed by atoms with Gasteiger partial charge in [-0.1, -0.05) is 6.07 Å². The van der Waals surface area contributed by atoms with Crippen LogP contribution in [0, 0.1) is 0 Å². The standard InChI is InChI=1S/C12H17NO2S/c14-11(12(15)6-1-2-7-12)13-8-5-10-4-3-9-16-10/h3-4,9,15H,1-2,5-8H2,(H,13,14). The molecule has 0 aromatic carbocycles. The monoisotopic (exact) mass is 239 g/mol. The smallest absolute Gasteiger partial charge is 0.251 e. The van der Waals surface area contributed by atoms with Crippen molar-refractivity contribution in [3.8, 4) is 0 Å². The first-order chi connectivity index (χ1) is 7.71. The van der Waals surface area contributed by atoms with Crippen molar-refractivity contribution in [1.29, 1.82) is 0 Å². The Morgan fingerprint density at radius 2 is 2.25 bits per heavy atom. The lowest BCUT2D eigenvalue weighted by atomic mass is 10.0. The van der Waals surface area contributed by atoms with Gasteiger partial charge in [-0.05, 0) is 43.6 Å². The molecule has 1 aliphatic rings. The average molecular weight is 239 g/mol. The predicted octanol–water partition coefficient (Wildman–Crippen LogP) is 1.71. The van der Waals surface area contributed by atoms with Gasteiger partial charge in [0.05, 0.1) is 0 Å². The number of hydrogen-bond donors (Lipinski definition) is 2. The first kappa shape index (κ1) is 11.6. The maximum atomic E-state index is 11.7. The van der Waals surface area contributed by atoms with E-state index < -0.39 is 5.60 Å². The zero-order valence-corrected chi connectivity index (χ0v) is 10.1. The largest absolute Gasteiger partial charge is 0.380 e. The molecule has 0 saturated heterocycles. The molecule has 0 atom stereocenters. The lowest BCUT2D eigenvalue weighted by Gasteiger charge is -2.20. The second kappa shape index (κ2) is 4.97. The molecule has 1 saturated carbocycles. The predicted molar refractivity (Wildman–Crippen MR) is 64.5 cm³/mol. The molecular weight excluding hydrogens is 222 g/mol. The topological polar surface area (TPSA) is 49.3 Å². The van der Waals surface area contributed by atoms with Crippen molar-refractivity contribution in [1.82, 2.24) is 5.32 Å². The molecule has 1 heterocycles. The molecule has 88 valence electrons. The maximum absolute atomic E-state index is 11.7. The SMILES string of the molecule is O=C(NCCc1cccs1)C1(O)CCCC1. The van der Waals surface area contributed by atoms with Crippen molar-refractivity contribution < 1.29 is 9.90 Å². The van der Waals surface area contributed by atoms with Crippen LogP contribution in [0.5, 0.6) is 0 Å². The summed E-state index contributed by atoms with van der Waals surface area (Å²) in [5.74, 6) is -0.193. The Bertz CT molecular complexity index is 342. The van der Waals surface area contributed by atoms with Gasteiger partial charge >= 0.3 is 0 Å². The molecule has 1 aromatic heterocycles. The third-order valence-corrected chi connectivity index (χ3v) is 4.03. The molecule has 3 nitrogen and oxygen atoms in total. The lowest BCUT2D eigenvalue weighted by Crippen LogP contribution is -2.45. The zero-order chi connectivity index (χ0) is 11.4. The average Bonchev–Trinajstić information content (AvgIpc) is 2.90. The first-order valence-corrected chi connectivity index (χ1v) is 6.62. The third-order valence-electron chi connectivity index (χ3n) is 3.09. The Morgan fingerprint density at radius 3 is 2.88 bits per heavy atom. The van der Waals surface area contributed by atoms with Crippen molar-refractivity contribution in [2.24, 2.45) is 0 Å². The molecule has 2 rings (SSSR count). The minimum absolute atomic E-state index is 0.193. The van der Waals surface area contributed by atoms with Crippen LogP contribution in [0.2, 0.25) is 0 Å². The molecule has 2 N–H and O–H groups in total. The van der Waals surface area contributed by atoms with Crippen LogP contribution in [0.1, 0.15) is 30.6 Å². The number of carbonyl (C=O) groups is 1. The minimum Gasteiger partial charge on any atom is -0.380 e. The molecule has 0 unspecified atom stereocenters. The first-order valence-electron chi connectivity index (χ1n) is 5.74. The van der Waals surface area contributed by atoms with Gasteiger partial charge in [0.15, 0.2) is 0 Å². The highest BCUT2D eigenvalue weighted by Gasteiger charge is 2.38. The van der Waals surface area contributed by atoms with Crippen LogP contribution < -0.4 is 5.32 Å². The number of nitrogens with one attached hydrogen (secondary N) is 1. The lowest BCUT2D eigenvalue weighted by molar-refractivity contribution is -0.139. The number of hydrogen-bond acceptors (Lipinski definition) is 3. The fourth-order valence-electron chi connectivity index (χ4n) is 2.11. The summed E-state index contributed by atoms with van der Waals surface area (Å²) in [6.07, 6.45) is 3.97. The highest BCUT2D eigenvalue weighted by Crippen LogP contribution is 2.29. The van der Waals surface area contributed by atoms with Crippen molar-refractivity contribution in [3.05, 3.63) is 22.4 Å². The van der Waals surface area contributed by atoms with Crippen LogP contribution in [0.15, 0.2) is 17.5 Å². The Labute approximate surface area is 99.5 Å². The summed E-state index contributed by atoms with van der Waals surface area (Å²) in [6.45, 7) is 0.613. The number of amides is 1. The van der Waals surface area contributed by atoms with Gasteiger partial charge in [0.2, 0.25) is 0 Å². The van der Waals surface area contributed by atoms with Crippen LogP contribution in [0.25, 0.3) is 0 Å². The highest BCUT2D eigenvalue weighted by atomic mass is 32.1. The van der Waals surface area contributed by atoms with E-state index in [4.69, 9.17) is 0 Å². The van der Waals surface area contributed by atoms with Gasteiger partial charge in [0, 0.05) is 11.4 Å². The quantitative estimate of drug-likeness (QED) is 0.840. The van der Waals surface area contributed by atoms with Gasteiger partial charge in [0.1, 0.15) is 5.60 Å². The Morgan fingerprint density at radius 1 is 1.50 bits per heavy atom. The Hall–Kier alpha value is -0.870. The summed E-state index contributed by atoms with van der Waals surface area (Å²) in [7, 11) is 0. The number of thiophene rings is 1. The van der Waals surface area contributed by atoms with E-state index >= 15 is 0 Å². The Kier molecular flexibility index (Phi) is 3.61. The Balaban J connectivity index is 1.75. The molecule has 1 fully saturated rings. The van der Waals surface area contributed by atoms with Gasteiger partial charge in [-0.15, -0.1) is 11.3 Å². The number of aliphatic hydroxyl groups is 1. The molecule has 0 aliphatic heterocycles. The summed E-state index contributed by atoms with van der Waals surface area (Å²) < 4.78 is 0. The zero-order valence-electron chi connectivity index (χ0n) is 9.24. The number of rotatable bonds is 4. The van der Waals surface area contributed by atoms with E-state index in [2.05, 4.69) is 11.4 Å². The summed E-state index contributed by atoms with van der Waals surface area (Å²) >= 11 is 1.69. The van der Waals surface area contributed by atoms with E-state index in [1.807, 2.05) is 11.4 Å². The van der Waals surface area contributed by atoms with E-state index in [-0.39, 0.29) is 5.91 Å². The fraction of sp³-hybridized carbons (Fsp3) is 0.583. The molecule has 0 radical (unpaired) electrons. The minimum atomic E-state index is -1.09. The molecular formula is C12H17NO2S. The van der Waals surface area contributed by atoms with E-state index in [1.54, 1.807) is 11.3 Å². The normalized spacial score (nSPS) is 18.6. The third kappa shape index (κ3) is 2.62. The summed E-state index contributed by atoms with van der Waals surface area (Å²) in [5.41, 5.74) is -1.09. The van der Waals surface area contributed by atoms with Crippen LogP contribution in [0.4, 0.5) is 0 Å². The van der Waals surface area contributed by atoms with Crippen LogP contribution in [-0.4, -0.2) is 23.2 Å². The van der Waals surface area contributed by atoms with Gasteiger partial charge in [0.25, 0.3) is 5.91 Å². The van der Waals surface area contributed by atoms with Crippen molar-refractivity contribution in [2.45, 2.75) is 37.7 Å². The van der Waals surface area contributed by atoms with Gasteiger partial charge in [-0.3, -0.25) is 4.79 Å². The van der Waals surface area contributed by atoms with Crippen LogP contribution >= 0.6 is 11.3 Å². The van der Waals surface area contributed by atoms with Gasteiger partial charge in [-0.2, -0.15) is 0 Å². The summed E-state index contributed by atoms with van der Waals surface area (Å²) in [6, 6.07) is 4.06. The summed E-state index contributed by atoms with van der Waals surface area (Å²) in [4.78, 5) is 13.0. The van der Waals surface area contributed by atoms with E-state index in [1.165, 1.54) is 4.88 Å². The van der Waals surface area contributed by atoms with Crippen LogP contribution in [0.3, 0.4) is 0 Å². The molecule has 1 aromatic rings. The molecule has 1 aliphatic carbocycles. The van der Waals surface area contributed by atoms with Crippen molar-refractivity contribution in [3.63, 3.8) is 0 Å². The molecule has 1 amide bonds. The molecule has 0 bridgehead atoms. The number of carbonyl (C=O) groups excluding carboxylic acids is 1.